The lowest BCUT2D eigenvalue weighted by atomic mass is 9.97. The van der Waals surface area contributed by atoms with Crippen molar-refractivity contribution in [3.63, 3.8) is 0 Å². The largest absolute Gasteiger partial charge is 0.486 e. The first-order chi connectivity index (χ1) is 14.7. The minimum absolute atomic E-state index is 0. The first-order valence-electron chi connectivity index (χ1n) is 10.8. The molecule has 3 atom stereocenters. The van der Waals surface area contributed by atoms with Crippen molar-refractivity contribution in [3.05, 3.63) is 60.2 Å². The predicted octanol–water partition coefficient (Wildman–Crippen LogP) is 3.66. The third-order valence-electron chi connectivity index (χ3n) is 5.87. The van der Waals surface area contributed by atoms with Crippen LogP contribution in [0, 0.1) is 0 Å². The van der Waals surface area contributed by atoms with Crippen LogP contribution in [0.3, 0.4) is 0 Å². The number of rotatable bonds is 5. The fraction of sp³-hybridized carbons (Fsp3) is 0.458. The summed E-state index contributed by atoms with van der Waals surface area (Å²) >= 11 is 0. The molecule has 0 amide bonds. The maximum absolute atomic E-state index is 6.03. The second kappa shape index (κ2) is 11.6. The van der Waals surface area contributed by atoms with Gasteiger partial charge in [0.25, 0.3) is 0 Å². The summed E-state index contributed by atoms with van der Waals surface area (Å²) < 4.78 is 11.8. The molecule has 31 heavy (non-hydrogen) atoms. The normalized spacial score (nSPS) is 23.5. The topological polar surface area (TPSA) is 58.1 Å². The van der Waals surface area contributed by atoms with E-state index in [1.54, 1.807) is 0 Å². The zero-order valence-corrected chi connectivity index (χ0v) is 20.6. The van der Waals surface area contributed by atoms with Gasteiger partial charge in [0.05, 0.1) is 6.54 Å². The third-order valence-corrected chi connectivity index (χ3v) is 5.87. The second-order valence-electron chi connectivity index (χ2n) is 8.12. The zero-order valence-electron chi connectivity index (χ0n) is 18.3. The smallest absolute Gasteiger partial charge is 0.191 e. The van der Waals surface area contributed by atoms with Gasteiger partial charge in [0.1, 0.15) is 12.7 Å². The molecule has 0 radical (unpaired) electrons. The Hall–Kier alpha value is -2.00. The summed E-state index contributed by atoms with van der Waals surface area (Å²) in [6.07, 6.45) is 2.17. The van der Waals surface area contributed by atoms with Gasteiger partial charge in [-0.2, -0.15) is 0 Å². The van der Waals surface area contributed by atoms with Crippen molar-refractivity contribution in [1.29, 1.82) is 0 Å². The Balaban J connectivity index is 0.00000272. The number of benzene rings is 2. The number of nitrogens with zero attached hydrogens (tertiary/aromatic N) is 2. The first-order valence-corrected chi connectivity index (χ1v) is 10.8. The molecule has 168 valence electrons. The van der Waals surface area contributed by atoms with Crippen molar-refractivity contribution in [1.82, 2.24) is 15.5 Å². The number of hydrogen-bond donors (Lipinski definition) is 2. The molecular weight excluding hydrogens is 503 g/mol. The highest BCUT2D eigenvalue weighted by Gasteiger charge is 2.26. The molecule has 2 aliphatic rings. The van der Waals surface area contributed by atoms with Crippen molar-refractivity contribution >= 4 is 29.9 Å². The molecule has 2 aromatic carbocycles. The van der Waals surface area contributed by atoms with Crippen LogP contribution < -0.4 is 20.1 Å². The molecule has 2 aromatic rings. The molecule has 0 spiro atoms. The van der Waals surface area contributed by atoms with Crippen LogP contribution in [0.2, 0.25) is 0 Å². The van der Waals surface area contributed by atoms with Gasteiger partial charge in [-0.15, -0.1) is 24.0 Å². The number of nitrogens with one attached hydrogen (secondary N) is 2. The highest BCUT2D eigenvalue weighted by Crippen LogP contribution is 2.30. The Morgan fingerprint density at radius 3 is 2.58 bits per heavy atom. The van der Waals surface area contributed by atoms with E-state index in [0.717, 1.165) is 43.4 Å². The van der Waals surface area contributed by atoms with Crippen LogP contribution in [0.4, 0.5) is 0 Å². The van der Waals surface area contributed by atoms with E-state index in [0.29, 0.717) is 25.2 Å². The summed E-state index contributed by atoms with van der Waals surface area (Å²) in [5, 5.41) is 7.00. The summed E-state index contributed by atoms with van der Waals surface area (Å²) in [5.41, 5.74) is 1.38. The number of hydrogen-bond acceptors (Lipinski definition) is 4. The molecule has 2 aliphatic heterocycles. The van der Waals surface area contributed by atoms with Gasteiger partial charge in [0.2, 0.25) is 0 Å². The van der Waals surface area contributed by atoms with Gasteiger partial charge in [-0.3, -0.25) is 9.89 Å². The molecule has 7 heteroatoms. The van der Waals surface area contributed by atoms with E-state index < -0.39 is 0 Å². The number of aliphatic imine (C=N–C) groups is 1. The summed E-state index contributed by atoms with van der Waals surface area (Å²) in [4.78, 5) is 6.97. The molecule has 0 saturated carbocycles. The Morgan fingerprint density at radius 1 is 1.10 bits per heavy atom. The number of piperidine rings is 1. The highest BCUT2D eigenvalue weighted by molar-refractivity contribution is 14.0. The van der Waals surface area contributed by atoms with Gasteiger partial charge in [0.15, 0.2) is 17.5 Å². The van der Waals surface area contributed by atoms with Crippen molar-refractivity contribution in [2.75, 3.05) is 26.7 Å². The molecule has 4 rings (SSSR count). The van der Waals surface area contributed by atoms with Crippen molar-refractivity contribution in [2.24, 2.45) is 4.99 Å². The van der Waals surface area contributed by atoms with E-state index in [1.807, 2.05) is 31.3 Å². The van der Waals surface area contributed by atoms with E-state index in [9.17, 15) is 0 Å². The average Bonchev–Trinajstić information content (AvgIpc) is 2.79. The minimum Gasteiger partial charge on any atom is -0.486 e. The SMILES string of the molecule is CN=C(NCC1COc2ccccc2O1)NC1CCN(Cc2ccccc2)C(C)C1.I. The van der Waals surface area contributed by atoms with Crippen LogP contribution in [0.15, 0.2) is 59.6 Å². The summed E-state index contributed by atoms with van der Waals surface area (Å²) in [7, 11) is 1.82. The van der Waals surface area contributed by atoms with E-state index in [2.05, 4.69) is 57.8 Å². The first kappa shape index (κ1) is 23.7. The van der Waals surface area contributed by atoms with Gasteiger partial charge >= 0.3 is 0 Å². The molecule has 6 nitrogen and oxygen atoms in total. The van der Waals surface area contributed by atoms with Crippen LogP contribution >= 0.6 is 24.0 Å². The lowest BCUT2D eigenvalue weighted by Gasteiger charge is -2.38. The zero-order chi connectivity index (χ0) is 20.8. The molecule has 0 bridgehead atoms. The lowest BCUT2D eigenvalue weighted by molar-refractivity contribution is 0.0933. The van der Waals surface area contributed by atoms with Gasteiger partial charge in [-0.05, 0) is 37.5 Å². The van der Waals surface area contributed by atoms with E-state index in [1.165, 1.54) is 5.56 Å². The van der Waals surface area contributed by atoms with E-state index in [4.69, 9.17) is 9.47 Å². The van der Waals surface area contributed by atoms with Crippen molar-refractivity contribution < 1.29 is 9.47 Å². The summed E-state index contributed by atoms with van der Waals surface area (Å²) in [6, 6.07) is 19.5. The molecule has 3 unspecified atom stereocenters. The second-order valence-corrected chi connectivity index (χ2v) is 8.12. The van der Waals surface area contributed by atoms with E-state index >= 15 is 0 Å². The number of para-hydroxylation sites is 2. The van der Waals surface area contributed by atoms with Crippen LogP contribution in [-0.4, -0.2) is 55.8 Å². The average molecular weight is 536 g/mol. The Bertz CT molecular complexity index is 848. The van der Waals surface area contributed by atoms with Crippen molar-refractivity contribution in [2.45, 2.75) is 44.5 Å². The van der Waals surface area contributed by atoms with Crippen LogP contribution in [0.1, 0.15) is 25.3 Å². The summed E-state index contributed by atoms with van der Waals surface area (Å²) in [6.45, 7) is 5.60. The van der Waals surface area contributed by atoms with Gasteiger partial charge in [0, 0.05) is 32.2 Å². The molecule has 2 heterocycles. The van der Waals surface area contributed by atoms with E-state index in [-0.39, 0.29) is 30.1 Å². The molecule has 0 aromatic heterocycles. The van der Waals surface area contributed by atoms with Crippen LogP contribution in [0.25, 0.3) is 0 Å². The third kappa shape index (κ3) is 6.49. The monoisotopic (exact) mass is 536 g/mol. The maximum atomic E-state index is 6.03. The minimum atomic E-state index is -0.0370. The quantitative estimate of drug-likeness (QED) is 0.347. The number of likely N-dealkylation sites (tertiary alicyclic amines) is 1. The molecule has 1 fully saturated rings. The fourth-order valence-corrected chi connectivity index (χ4v) is 4.17. The molecule has 2 N–H and O–H groups in total. The van der Waals surface area contributed by atoms with Gasteiger partial charge in [-0.1, -0.05) is 42.5 Å². The number of fused-ring (bicyclic) bond motifs is 1. The predicted molar refractivity (Wildman–Crippen MR) is 136 cm³/mol. The van der Waals surface area contributed by atoms with Crippen molar-refractivity contribution in [3.8, 4) is 11.5 Å². The summed E-state index contributed by atoms with van der Waals surface area (Å²) in [5.74, 6) is 2.44. The van der Waals surface area contributed by atoms with Gasteiger partial charge in [-0.25, -0.2) is 0 Å². The molecular formula is C24H33IN4O2. The Morgan fingerprint density at radius 2 is 1.84 bits per heavy atom. The van der Waals surface area contributed by atoms with Crippen LogP contribution in [0.5, 0.6) is 11.5 Å². The molecule has 0 aliphatic carbocycles. The number of halogens is 1. The maximum Gasteiger partial charge on any atom is 0.191 e. The lowest BCUT2D eigenvalue weighted by Crippen LogP contribution is -2.52. The van der Waals surface area contributed by atoms with Crippen LogP contribution in [-0.2, 0) is 6.54 Å². The highest BCUT2D eigenvalue weighted by atomic mass is 127. The van der Waals surface area contributed by atoms with Gasteiger partial charge < -0.3 is 20.1 Å². The fourth-order valence-electron chi connectivity index (χ4n) is 4.17. The molecule has 1 saturated heterocycles. The Labute approximate surface area is 202 Å². The Kier molecular flexibility index (Phi) is 8.83. The number of ether oxygens (including phenoxy) is 2. The number of guanidine groups is 1. The standard InChI is InChI=1S/C24H32N4O2.HI/c1-18-14-20(12-13-28(18)16-19-8-4-3-5-9-19)27-24(25-2)26-15-21-17-29-22-10-6-7-11-23(22)30-21;/h3-11,18,20-21H,12-17H2,1-2H3,(H2,25,26,27);1H.